The lowest BCUT2D eigenvalue weighted by atomic mass is 9.97. The Bertz CT molecular complexity index is 1730. The van der Waals surface area contributed by atoms with Crippen molar-refractivity contribution in [3.05, 3.63) is 143 Å². The van der Waals surface area contributed by atoms with Crippen LogP contribution in [0.1, 0.15) is 33.6 Å². The van der Waals surface area contributed by atoms with E-state index in [0.717, 1.165) is 28.8 Å². The number of nitrogens with zero attached hydrogens (tertiary/aromatic N) is 7. The van der Waals surface area contributed by atoms with E-state index in [-0.39, 0.29) is 18.4 Å². The molecule has 0 radical (unpaired) electrons. The van der Waals surface area contributed by atoms with Crippen LogP contribution >= 0.6 is 0 Å². The lowest BCUT2D eigenvalue weighted by molar-refractivity contribution is -0.144. The smallest absolute Gasteiger partial charge is 0.247 e. The van der Waals surface area contributed by atoms with Crippen LogP contribution in [0.3, 0.4) is 0 Å². The summed E-state index contributed by atoms with van der Waals surface area (Å²) in [4.78, 5) is 40.6. The highest BCUT2D eigenvalue weighted by atomic mass is 16.2. The second-order valence-electron chi connectivity index (χ2n) is 10.9. The molecule has 3 heterocycles. The van der Waals surface area contributed by atoms with Gasteiger partial charge in [-0.2, -0.15) is 0 Å². The third kappa shape index (κ3) is 6.78. The van der Waals surface area contributed by atoms with Crippen LogP contribution in [0.25, 0.3) is 11.8 Å². The number of aromatic nitrogens is 5. The molecule has 0 unspecified atom stereocenters. The van der Waals surface area contributed by atoms with Gasteiger partial charge in [0, 0.05) is 50.1 Å². The number of carbonyl (C=O) groups excluding carboxylic acids is 2. The fourth-order valence-electron chi connectivity index (χ4n) is 5.45. The Morgan fingerprint density at radius 3 is 2.36 bits per heavy atom. The number of carbonyl (C=O) groups is 2. The molecule has 220 valence electrons. The number of hydrogen-bond donors (Lipinski definition) is 0. The van der Waals surface area contributed by atoms with Crippen molar-refractivity contribution in [2.24, 2.45) is 0 Å². The summed E-state index contributed by atoms with van der Waals surface area (Å²) < 4.78 is 1.68. The zero-order chi connectivity index (χ0) is 30.3. The Kier molecular flexibility index (Phi) is 8.63. The summed E-state index contributed by atoms with van der Waals surface area (Å²) in [6.07, 6.45) is 11.1. The van der Waals surface area contributed by atoms with Crippen LogP contribution in [-0.2, 0) is 35.5 Å². The molecule has 6 rings (SSSR count). The van der Waals surface area contributed by atoms with Crippen LogP contribution in [0.4, 0.5) is 0 Å². The van der Waals surface area contributed by atoms with E-state index in [4.69, 9.17) is 0 Å². The average Bonchev–Trinajstić information content (AvgIpc) is 3.61. The van der Waals surface area contributed by atoms with E-state index in [9.17, 15) is 9.59 Å². The summed E-state index contributed by atoms with van der Waals surface area (Å²) in [7, 11) is 0. The lowest BCUT2D eigenvalue weighted by Gasteiger charge is -2.37. The molecular formula is C35H33N7O2. The van der Waals surface area contributed by atoms with Crippen molar-refractivity contribution in [2.45, 2.75) is 38.9 Å². The molecule has 0 spiro atoms. The SMILES string of the molecule is Cc1ncc(C=CC(=O)N(Cc2ccc(-n3ccnn3)cc2)[C@@H](Cc2ccccc2)C(=O)N2CCc3ccccc3C2)cn1. The molecule has 2 amide bonds. The molecule has 1 aliphatic rings. The number of rotatable bonds is 9. The summed E-state index contributed by atoms with van der Waals surface area (Å²) in [6, 6.07) is 25.2. The molecule has 0 N–H and O–H groups in total. The second kappa shape index (κ2) is 13.2. The molecule has 2 aromatic heterocycles. The molecule has 0 fully saturated rings. The first-order chi connectivity index (χ1) is 21.5. The van der Waals surface area contributed by atoms with Gasteiger partial charge in [0.15, 0.2) is 0 Å². The predicted octanol–water partition coefficient (Wildman–Crippen LogP) is 4.60. The number of fused-ring (bicyclic) bond motifs is 1. The Morgan fingerprint density at radius 2 is 1.64 bits per heavy atom. The number of hydrogen-bond acceptors (Lipinski definition) is 6. The van der Waals surface area contributed by atoms with Crippen molar-refractivity contribution in [3.8, 4) is 5.69 Å². The van der Waals surface area contributed by atoms with E-state index >= 15 is 0 Å². The van der Waals surface area contributed by atoms with Gasteiger partial charge in [-0.3, -0.25) is 9.59 Å². The number of aryl methyl sites for hydroxylation is 1. The minimum atomic E-state index is -0.718. The van der Waals surface area contributed by atoms with Crippen molar-refractivity contribution in [1.29, 1.82) is 0 Å². The molecular weight excluding hydrogens is 550 g/mol. The van der Waals surface area contributed by atoms with Crippen LogP contribution < -0.4 is 0 Å². The van der Waals surface area contributed by atoms with Gasteiger partial charge < -0.3 is 9.80 Å². The lowest BCUT2D eigenvalue weighted by Crippen LogP contribution is -2.52. The van der Waals surface area contributed by atoms with Crippen molar-refractivity contribution < 1.29 is 9.59 Å². The first-order valence-corrected chi connectivity index (χ1v) is 14.7. The normalized spacial score (nSPS) is 13.4. The molecule has 0 saturated heterocycles. The van der Waals surface area contributed by atoms with E-state index in [2.05, 4.69) is 32.4 Å². The first-order valence-electron chi connectivity index (χ1n) is 14.7. The highest BCUT2D eigenvalue weighted by Crippen LogP contribution is 2.23. The molecule has 1 aliphatic heterocycles. The number of amides is 2. The van der Waals surface area contributed by atoms with Crippen molar-refractivity contribution in [1.82, 2.24) is 34.8 Å². The minimum absolute atomic E-state index is 0.0667. The molecule has 5 aromatic rings. The van der Waals surface area contributed by atoms with E-state index < -0.39 is 6.04 Å². The van der Waals surface area contributed by atoms with Crippen molar-refractivity contribution in [3.63, 3.8) is 0 Å². The van der Waals surface area contributed by atoms with Gasteiger partial charge in [-0.05, 0) is 53.8 Å². The quantitative estimate of drug-likeness (QED) is 0.235. The molecule has 0 bridgehead atoms. The molecule has 9 heteroatoms. The fourth-order valence-corrected chi connectivity index (χ4v) is 5.45. The van der Waals surface area contributed by atoms with E-state index in [1.54, 1.807) is 40.4 Å². The second-order valence-corrected chi connectivity index (χ2v) is 10.9. The maximum absolute atomic E-state index is 14.4. The summed E-state index contributed by atoms with van der Waals surface area (Å²) in [6.45, 7) is 3.18. The average molecular weight is 584 g/mol. The maximum atomic E-state index is 14.4. The van der Waals surface area contributed by atoms with Gasteiger partial charge in [0.2, 0.25) is 11.8 Å². The van der Waals surface area contributed by atoms with Gasteiger partial charge in [-0.1, -0.05) is 71.9 Å². The monoisotopic (exact) mass is 583 g/mol. The van der Waals surface area contributed by atoms with Gasteiger partial charge in [-0.15, -0.1) is 5.10 Å². The van der Waals surface area contributed by atoms with Crippen LogP contribution in [0, 0.1) is 6.92 Å². The van der Waals surface area contributed by atoms with Crippen LogP contribution in [0.15, 0.2) is 110 Å². The third-order valence-corrected chi connectivity index (χ3v) is 7.85. The highest BCUT2D eigenvalue weighted by Gasteiger charge is 2.34. The Hall–Kier alpha value is -5.44. The molecule has 44 heavy (non-hydrogen) atoms. The predicted molar refractivity (Wildman–Crippen MR) is 167 cm³/mol. The largest absolute Gasteiger partial charge is 0.336 e. The molecule has 1 atom stereocenters. The summed E-state index contributed by atoms with van der Waals surface area (Å²) in [5.41, 5.74) is 5.85. The highest BCUT2D eigenvalue weighted by molar-refractivity contribution is 5.95. The van der Waals surface area contributed by atoms with E-state index in [0.29, 0.717) is 30.9 Å². The van der Waals surface area contributed by atoms with Crippen LogP contribution in [0.5, 0.6) is 0 Å². The van der Waals surface area contributed by atoms with Crippen LogP contribution in [-0.4, -0.2) is 59.2 Å². The van der Waals surface area contributed by atoms with E-state index in [1.807, 2.05) is 78.6 Å². The standard InChI is InChI=1S/C35H33N7O2/c1-26-36-22-29(23-37-26)13-16-34(43)41(24-28-11-14-32(15-12-28)42-20-18-38-39-42)33(21-27-7-3-2-4-8-27)35(44)40-19-17-30-9-5-6-10-31(30)25-40/h2-16,18,20,22-23,33H,17,19,21,24-25H2,1H3/t33-/m0/s1. The Morgan fingerprint density at radius 1 is 0.909 bits per heavy atom. The van der Waals surface area contributed by atoms with Crippen molar-refractivity contribution in [2.75, 3.05) is 6.54 Å². The molecule has 3 aromatic carbocycles. The van der Waals surface area contributed by atoms with Gasteiger partial charge >= 0.3 is 0 Å². The molecule has 9 nitrogen and oxygen atoms in total. The molecule has 0 saturated carbocycles. The van der Waals surface area contributed by atoms with Gasteiger partial charge in [0.25, 0.3) is 0 Å². The zero-order valence-electron chi connectivity index (χ0n) is 24.5. The summed E-state index contributed by atoms with van der Waals surface area (Å²) >= 11 is 0. The van der Waals surface area contributed by atoms with Crippen molar-refractivity contribution >= 4 is 17.9 Å². The third-order valence-electron chi connectivity index (χ3n) is 7.85. The summed E-state index contributed by atoms with van der Waals surface area (Å²) in [5.74, 6) is 0.321. The minimum Gasteiger partial charge on any atom is -0.336 e. The Labute approximate surface area is 256 Å². The maximum Gasteiger partial charge on any atom is 0.247 e. The fraction of sp³-hybridized carbons (Fsp3) is 0.200. The molecule has 0 aliphatic carbocycles. The first kappa shape index (κ1) is 28.7. The zero-order valence-corrected chi connectivity index (χ0v) is 24.5. The number of benzene rings is 3. The Balaban J connectivity index is 1.34. The summed E-state index contributed by atoms with van der Waals surface area (Å²) in [5, 5.41) is 7.95. The van der Waals surface area contributed by atoms with Crippen LogP contribution in [0.2, 0.25) is 0 Å². The topological polar surface area (TPSA) is 97.1 Å². The van der Waals surface area contributed by atoms with Gasteiger partial charge in [-0.25, -0.2) is 14.6 Å². The van der Waals surface area contributed by atoms with Gasteiger partial charge in [0.1, 0.15) is 11.9 Å². The van der Waals surface area contributed by atoms with Gasteiger partial charge in [0.05, 0.1) is 18.1 Å². The van der Waals surface area contributed by atoms with E-state index in [1.165, 1.54) is 11.6 Å².